The second-order valence-corrected chi connectivity index (χ2v) is 12.4. The first-order valence-electron chi connectivity index (χ1n) is 5.67. The molecule has 0 fully saturated rings. The Morgan fingerprint density at radius 1 is 0.778 bits per heavy atom. The summed E-state index contributed by atoms with van der Waals surface area (Å²) < 4.78 is 4.67. The molecule has 2 aromatic carbocycles. The van der Waals surface area contributed by atoms with Crippen LogP contribution in [0.25, 0.3) is 0 Å². The van der Waals surface area contributed by atoms with Gasteiger partial charge in [-0.15, -0.1) is 0 Å². The molecule has 0 atom stereocenters. The Hall–Kier alpha value is -0.501. The maximum atomic E-state index is 3.85. The average Bonchev–Trinajstić information content (AvgIpc) is 2.41. The summed E-state index contributed by atoms with van der Waals surface area (Å²) in [6.45, 7) is 3.85. The average molecular weight is 461 g/mol. The molecule has 0 aliphatic carbocycles. The first kappa shape index (κ1) is 13.9. The molecule has 0 heterocycles. The van der Waals surface area contributed by atoms with Gasteiger partial charge >= 0.3 is 130 Å². The van der Waals surface area contributed by atoms with Crippen molar-refractivity contribution < 1.29 is 0 Å². The molecule has 18 heavy (non-hydrogen) atoms. The van der Waals surface area contributed by atoms with E-state index in [1.807, 2.05) is 6.08 Å². The fourth-order valence-corrected chi connectivity index (χ4v) is 9.93. The van der Waals surface area contributed by atoms with Gasteiger partial charge in [0.15, 0.2) is 0 Å². The molecule has 0 nitrogen and oxygen atoms in total. The number of hydrogen-bond acceptors (Lipinski definition) is 0. The Morgan fingerprint density at radius 2 is 1.22 bits per heavy atom. The molecule has 0 saturated carbocycles. The quantitative estimate of drug-likeness (QED) is 0.473. The van der Waals surface area contributed by atoms with Crippen LogP contribution in [0.15, 0.2) is 81.1 Å². The van der Waals surface area contributed by atoms with Gasteiger partial charge in [0, 0.05) is 0 Å². The predicted octanol–water partition coefficient (Wildman–Crippen LogP) is 2.07. The zero-order chi connectivity index (χ0) is 12.6. The monoisotopic (exact) mass is 466 g/mol. The SMILES string of the molecule is C=CC=C([Te]c1ccccc1)[Te]c1ccccc1. The third kappa shape index (κ3) is 4.64. The Balaban J connectivity index is 2.10. The predicted molar refractivity (Wildman–Crippen MR) is 81.9 cm³/mol. The maximum absolute atomic E-state index is 3.85. The van der Waals surface area contributed by atoms with E-state index in [9.17, 15) is 0 Å². The summed E-state index contributed by atoms with van der Waals surface area (Å²) in [5, 5.41) is 0. The van der Waals surface area contributed by atoms with Crippen molar-refractivity contribution in [2.75, 3.05) is 0 Å². The number of hydrogen-bond donors (Lipinski definition) is 0. The molecular formula is C16H14Te2. The molecule has 2 rings (SSSR count). The summed E-state index contributed by atoms with van der Waals surface area (Å²) in [6, 6.07) is 21.7. The second kappa shape index (κ2) is 7.83. The zero-order valence-electron chi connectivity index (χ0n) is 9.95. The first-order valence-corrected chi connectivity index (χ1v) is 10.3. The van der Waals surface area contributed by atoms with Crippen molar-refractivity contribution >= 4 is 49.1 Å². The van der Waals surface area contributed by atoms with E-state index >= 15 is 0 Å². The Morgan fingerprint density at radius 3 is 1.61 bits per heavy atom. The number of allylic oxidation sites excluding steroid dienone is 2. The zero-order valence-corrected chi connectivity index (χ0v) is 14.6. The van der Waals surface area contributed by atoms with Crippen molar-refractivity contribution in [3.8, 4) is 0 Å². The molecule has 2 aromatic rings. The van der Waals surface area contributed by atoms with Gasteiger partial charge in [-0.25, -0.2) is 0 Å². The van der Waals surface area contributed by atoms with Gasteiger partial charge in [-0.05, 0) is 0 Å². The van der Waals surface area contributed by atoms with E-state index in [2.05, 4.69) is 73.3 Å². The summed E-state index contributed by atoms with van der Waals surface area (Å²) in [5.41, 5.74) is 0. The van der Waals surface area contributed by atoms with E-state index < -0.39 is 0 Å². The molecule has 90 valence electrons. The van der Waals surface area contributed by atoms with Crippen molar-refractivity contribution in [2.24, 2.45) is 0 Å². The minimum atomic E-state index is -0.218. The van der Waals surface area contributed by atoms with Gasteiger partial charge in [-0.3, -0.25) is 0 Å². The number of benzene rings is 2. The standard InChI is InChI=1S/C16H14Te2/c1-2-9-16(17-14-10-5-3-6-11-14)18-15-12-7-4-8-13-15/h2-13H,1H2. The van der Waals surface area contributed by atoms with Gasteiger partial charge in [0.2, 0.25) is 0 Å². The van der Waals surface area contributed by atoms with Crippen molar-refractivity contribution in [2.45, 2.75) is 0 Å². The van der Waals surface area contributed by atoms with Crippen LogP contribution in [0, 0.1) is 0 Å². The summed E-state index contributed by atoms with van der Waals surface area (Å²) in [4.78, 5) is 0. The van der Waals surface area contributed by atoms with Crippen molar-refractivity contribution in [1.82, 2.24) is 0 Å². The van der Waals surface area contributed by atoms with E-state index in [4.69, 9.17) is 0 Å². The molecule has 0 N–H and O–H groups in total. The normalized spacial score (nSPS) is 9.78. The van der Waals surface area contributed by atoms with E-state index in [1.165, 1.54) is 7.22 Å². The van der Waals surface area contributed by atoms with Gasteiger partial charge < -0.3 is 0 Å². The summed E-state index contributed by atoms with van der Waals surface area (Å²) in [7, 11) is 0. The van der Waals surface area contributed by atoms with Crippen molar-refractivity contribution in [3.63, 3.8) is 0 Å². The molecular weight excluding hydrogens is 447 g/mol. The third-order valence-electron chi connectivity index (χ3n) is 2.18. The van der Waals surface area contributed by atoms with Crippen LogP contribution in [-0.2, 0) is 0 Å². The fraction of sp³-hybridized carbons (Fsp3) is 0. The van der Waals surface area contributed by atoms with Gasteiger partial charge in [0.05, 0.1) is 0 Å². The van der Waals surface area contributed by atoms with Crippen LogP contribution in [0.1, 0.15) is 0 Å². The van der Waals surface area contributed by atoms with Gasteiger partial charge in [0.1, 0.15) is 0 Å². The van der Waals surface area contributed by atoms with Crippen LogP contribution in [0.3, 0.4) is 0 Å². The molecule has 0 aliphatic rings. The van der Waals surface area contributed by atoms with E-state index in [1.54, 1.807) is 1.67 Å². The molecule has 0 bridgehead atoms. The fourth-order valence-electron chi connectivity index (χ4n) is 1.39. The third-order valence-corrected chi connectivity index (χ3v) is 10.2. The van der Waals surface area contributed by atoms with Crippen LogP contribution < -0.4 is 7.22 Å². The van der Waals surface area contributed by atoms with E-state index in [0.717, 1.165) is 0 Å². The summed E-state index contributed by atoms with van der Waals surface area (Å²) in [5.74, 6) is 0. The van der Waals surface area contributed by atoms with Crippen LogP contribution in [0.2, 0.25) is 0 Å². The van der Waals surface area contributed by atoms with Crippen LogP contribution in [-0.4, -0.2) is 41.8 Å². The van der Waals surface area contributed by atoms with Crippen LogP contribution >= 0.6 is 0 Å². The van der Waals surface area contributed by atoms with Crippen molar-refractivity contribution in [3.05, 3.63) is 81.1 Å². The topological polar surface area (TPSA) is 0 Å². The van der Waals surface area contributed by atoms with Gasteiger partial charge in [-0.2, -0.15) is 0 Å². The van der Waals surface area contributed by atoms with Gasteiger partial charge in [0.25, 0.3) is 0 Å². The summed E-state index contributed by atoms with van der Waals surface area (Å²) in [6.07, 6.45) is 4.18. The molecule has 0 unspecified atom stereocenters. The number of rotatable bonds is 5. The molecule has 0 spiro atoms. The van der Waals surface area contributed by atoms with E-state index in [-0.39, 0.29) is 41.8 Å². The first-order chi connectivity index (χ1) is 8.88. The van der Waals surface area contributed by atoms with Crippen LogP contribution in [0.5, 0.6) is 0 Å². The Bertz CT molecular complexity index is 472. The molecule has 0 aromatic heterocycles. The van der Waals surface area contributed by atoms with Gasteiger partial charge in [-0.1, -0.05) is 0 Å². The summed E-state index contributed by atoms with van der Waals surface area (Å²) >= 11 is -0.436. The second-order valence-electron chi connectivity index (χ2n) is 3.55. The van der Waals surface area contributed by atoms with E-state index in [0.29, 0.717) is 0 Å². The molecule has 2 heteroatoms. The minimum absolute atomic E-state index is 0.218. The molecule has 0 aliphatic heterocycles. The van der Waals surface area contributed by atoms with Crippen molar-refractivity contribution in [1.29, 1.82) is 0 Å². The van der Waals surface area contributed by atoms with Crippen LogP contribution in [0.4, 0.5) is 0 Å². The molecule has 0 saturated heterocycles. The molecule has 0 radical (unpaired) electrons. The molecule has 0 amide bonds. The Labute approximate surface area is 129 Å². The Kier molecular flexibility index (Phi) is 6.06.